The summed E-state index contributed by atoms with van der Waals surface area (Å²) in [5.41, 5.74) is 0. The molecule has 0 aromatic rings. The van der Waals surface area contributed by atoms with Gasteiger partial charge in [0.15, 0.2) is 0 Å². The molecule has 8 heavy (non-hydrogen) atoms. The monoisotopic (exact) mass is 328 g/mol. The number of hydrogen-bond donors (Lipinski definition) is 0. The zero-order chi connectivity index (χ0) is 7.00. The molecule has 0 spiro atoms. The fraction of sp³-hybridized carbons (Fsp3) is 1.00. The maximum atomic E-state index is 11.2. The minimum atomic E-state index is -5.35. The van der Waals surface area contributed by atoms with Crippen LogP contribution in [0.1, 0.15) is 0 Å². The zero-order valence-electron chi connectivity index (χ0n) is 3.34. The van der Waals surface area contributed by atoms with Crippen molar-refractivity contribution in [2.45, 2.75) is 9.81 Å². The van der Waals surface area contributed by atoms with Gasteiger partial charge in [-0.15, -0.1) is 0 Å². The Morgan fingerprint density at radius 2 is 1.00 bits per heavy atom. The fourth-order valence-corrected chi connectivity index (χ4v) is 0. The van der Waals surface area contributed by atoms with Crippen molar-refractivity contribution < 1.29 is 22.0 Å². The molecule has 0 rings (SSSR count). The Kier molecular flexibility index (Phi) is 2.18. The third-order valence-electron chi connectivity index (χ3n) is 0.341. The summed E-state index contributed by atoms with van der Waals surface area (Å²) in [7, 11) is 0. The van der Waals surface area contributed by atoms with Crippen molar-refractivity contribution in [1.29, 1.82) is 0 Å². The van der Waals surface area contributed by atoms with Gasteiger partial charge in [0, 0.05) is 0 Å². The molecule has 0 aromatic carbocycles. The Balaban J connectivity index is 4.02. The minimum absolute atomic E-state index is 0.975. The molecule has 0 aliphatic rings. The van der Waals surface area contributed by atoms with Crippen molar-refractivity contribution in [2.75, 3.05) is 0 Å². The second-order valence-electron chi connectivity index (χ2n) is 1.04. The van der Waals surface area contributed by atoms with Crippen molar-refractivity contribution in [2.24, 2.45) is 0 Å². The molecule has 0 saturated carbocycles. The van der Waals surface area contributed by atoms with Crippen molar-refractivity contribution in [3.8, 4) is 0 Å². The molecule has 0 N–H and O–H groups in total. The molecule has 0 fully saturated rings. The topological polar surface area (TPSA) is 0 Å². The van der Waals surface area contributed by atoms with Gasteiger partial charge in [0.2, 0.25) is 0 Å². The van der Waals surface area contributed by atoms with Crippen LogP contribution in [0.5, 0.6) is 0 Å². The van der Waals surface area contributed by atoms with E-state index in [1.165, 1.54) is 0 Å². The van der Waals surface area contributed by atoms with Crippen molar-refractivity contribution in [3.05, 3.63) is 0 Å². The summed E-state index contributed by atoms with van der Waals surface area (Å²) in [6.07, 6.45) is -5.35. The summed E-state index contributed by atoms with van der Waals surface area (Å²) in [6, 6.07) is 0. The van der Waals surface area contributed by atoms with E-state index in [4.69, 9.17) is 0 Å². The molecular formula is C2BiF5. The molecule has 0 amide bonds. The normalized spacial score (nSPS) is 14.2. The van der Waals surface area contributed by atoms with Crippen LogP contribution in [0.2, 0.25) is 0 Å². The number of hydrogen-bond acceptors (Lipinski definition) is 0. The van der Waals surface area contributed by atoms with Gasteiger partial charge in [-0.3, -0.25) is 0 Å². The number of rotatable bonds is 0. The van der Waals surface area contributed by atoms with Crippen LogP contribution < -0.4 is 0 Å². The van der Waals surface area contributed by atoms with E-state index in [9.17, 15) is 22.0 Å². The molecule has 0 atom stereocenters. The summed E-state index contributed by atoms with van der Waals surface area (Å²) in [5, 5.41) is 0. The molecule has 0 aromatic heterocycles. The number of halogens is 5. The predicted octanol–water partition coefficient (Wildman–Crippen LogP) is 1.31. The van der Waals surface area contributed by atoms with Crippen LogP contribution in [0.25, 0.3) is 0 Å². The van der Waals surface area contributed by atoms with E-state index in [0.29, 0.717) is 0 Å². The van der Waals surface area contributed by atoms with Crippen LogP contribution >= 0.6 is 0 Å². The molecule has 0 aliphatic heterocycles. The van der Waals surface area contributed by atoms with Crippen LogP contribution in [-0.2, 0) is 0 Å². The molecule has 0 bridgehead atoms. The second-order valence-corrected chi connectivity index (χ2v) is 3.22. The average molecular weight is 328 g/mol. The van der Waals surface area contributed by atoms with Gasteiger partial charge in [-0.1, -0.05) is 0 Å². The van der Waals surface area contributed by atoms with Crippen LogP contribution in [0.3, 0.4) is 0 Å². The van der Waals surface area contributed by atoms with E-state index >= 15 is 0 Å². The summed E-state index contributed by atoms with van der Waals surface area (Å²) in [4.78, 5) is 0. The Morgan fingerprint density at radius 1 is 0.875 bits per heavy atom. The van der Waals surface area contributed by atoms with Gasteiger partial charge < -0.3 is 0 Å². The SMILES string of the molecule is FC(F)(F)[C](F)(F)[Bi]. The van der Waals surface area contributed by atoms with E-state index in [1.54, 1.807) is 0 Å². The van der Waals surface area contributed by atoms with Gasteiger partial charge in [-0.25, -0.2) is 0 Å². The Hall–Kier alpha value is 0.533. The molecule has 0 nitrogen and oxygen atoms in total. The van der Waals surface area contributed by atoms with Gasteiger partial charge in [-0.2, -0.15) is 0 Å². The predicted molar refractivity (Wildman–Crippen MR) is 16.8 cm³/mol. The van der Waals surface area contributed by atoms with E-state index < -0.39 is 34.5 Å². The molecule has 2 radical (unpaired) electrons. The molecule has 0 unspecified atom stereocenters. The van der Waals surface area contributed by atoms with Gasteiger partial charge in [-0.05, 0) is 0 Å². The third-order valence-corrected chi connectivity index (χ3v) is 1.33. The fourth-order valence-electron chi connectivity index (χ4n) is 0. The van der Waals surface area contributed by atoms with Crippen LogP contribution in [0.4, 0.5) is 22.0 Å². The van der Waals surface area contributed by atoms with Crippen molar-refractivity contribution >= 4 is 24.7 Å². The summed E-state index contributed by atoms with van der Waals surface area (Å²) >= 11 is -0.975. The first-order valence-electron chi connectivity index (χ1n) is 1.42. The third kappa shape index (κ3) is 2.20. The Labute approximate surface area is 56.9 Å². The van der Waals surface area contributed by atoms with E-state index in [1.807, 2.05) is 0 Å². The van der Waals surface area contributed by atoms with Gasteiger partial charge >= 0.3 is 56.5 Å². The zero-order valence-corrected chi connectivity index (χ0v) is 6.81. The quantitative estimate of drug-likeness (QED) is 0.465. The number of alkyl halides is 5. The van der Waals surface area contributed by atoms with E-state index in [0.717, 1.165) is 0 Å². The summed E-state index contributed by atoms with van der Waals surface area (Å²) < 4.78 is 50.4. The molecule has 6 heteroatoms. The molecule has 0 aliphatic carbocycles. The molecule has 48 valence electrons. The first kappa shape index (κ1) is 8.53. The van der Waals surface area contributed by atoms with Crippen molar-refractivity contribution in [3.63, 3.8) is 0 Å². The van der Waals surface area contributed by atoms with Gasteiger partial charge in [0.25, 0.3) is 0 Å². The Bertz CT molecular complexity index is 65.4. The standard InChI is InChI=1S/C2F5.Bi/c3-1(4)2(5,6)7;. The van der Waals surface area contributed by atoms with Crippen LogP contribution in [0, 0.1) is 0 Å². The molecule has 0 heterocycles. The average Bonchev–Trinajstić information content (AvgIpc) is 1.25. The van der Waals surface area contributed by atoms with E-state index in [-0.39, 0.29) is 0 Å². The van der Waals surface area contributed by atoms with E-state index in [2.05, 4.69) is 0 Å². The van der Waals surface area contributed by atoms with Crippen LogP contribution in [-0.4, -0.2) is 34.5 Å². The van der Waals surface area contributed by atoms with Crippen molar-refractivity contribution in [1.82, 2.24) is 0 Å². The maximum absolute atomic E-state index is 11.2. The first-order valence-corrected chi connectivity index (χ1v) is 3.16. The van der Waals surface area contributed by atoms with Gasteiger partial charge in [0.05, 0.1) is 0 Å². The molecular weight excluding hydrogens is 328 g/mol. The molecule has 0 saturated heterocycles. The van der Waals surface area contributed by atoms with Gasteiger partial charge in [0.1, 0.15) is 0 Å². The summed E-state index contributed by atoms with van der Waals surface area (Å²) in [6.45, 7) is 0. The summed E-state index contributed by atoms with van der Waals surface area (Å²) in [5.74, 6) is 0. The van der Waals surface area contributed by atoms with Crippen LogP contribution in [0.15, 0.2) is 0 Å². The second kappa shape index (κ2) is 2.05. The Morgan fingerprint density at radius 3 is 1.00 bits per heavy atom. The first-order chi connectivity index (χ1) is 3.25.